The third-order valence-corrected chi connectivity index (χ3v) is 24.1. The Morgan fingerprint density at radius 1 is 0.829 bits per heavy atom. The predicted octanol–water partition coefficient (Wildman–Crippen LogP) is 9.93. The van der Waals surface area contributed by atoms with Crippen LogP contribution in [-0.2, 0) is 56.8 Å². The maximum atomic E-state index is 16.5. The average Bonchev–Trinajstić information content (AvgIpc) is 0.854. The third-order valence-electron chi connectivity index (χ3n) is 17.3. The largest absolute Gasteiger partial charge is 0.461 e. The number of hydrogen-bond donors (Lipinski definition) is 2. The molecule has 8 rings (SSSR count). The first-order chi connectivity index (χ1) is 38.7. The topological polar surface area (TPSA) is 229 Å². The van der Waals surface area contributed by atoms with Crippen LogP contribution in [-0.4, -0.2) is 120 Å². The van der Waals surface area contributed by atoms with Crippen LogP contribution in [0, 0.1) is 16.7 Å². The molecular formula is C62H74N2O15S2Si. The lowest BCUT2D eigenvalue weighted by molar-refractivity contribution is -0.346. The molecular weight excluding hydrogens is 1100 g/mol. The fourth-order valence-corrected chi connectivity index (χ4v) is 15.1. The molecule has 17 nitrogen and oxygen atoms in total. The lowest BCUT2D eigenvalue weighted by Gasteiger charge is -2.67. The molecule has 2 bridgehead atoms. The molecule has 4 aliphatic rings. The van der Waals surface area contributed by atoms with E-state index in [1.807, 2.05) is 52.1 Å². The number of ketones is 1. The van der Waals surface area contributed by atoms with Crippen molar-refractivity contribution >= 4 is 71.4 Å². The van der Waals surface area contributed by atoms with E-state index in [9.17, 15) is 29.1 Å². The first kappa shape index (κ1) is 61.9. The lowest BCUT2D eigenvalue weighted by atomic mass is 9.44. The van der Waals surface area contributed by atoms with Crippen LogP contribution in [0.5, 0.6) is 0 Å². The summed E-state index contributed by atoms with van der Waals surface area (Å²) in [6.45, 7) is 18.2. The zero-order valence-electron chi connectivity index (χ0n) is 48.3. The number of nitrogens with one attached hydrogen (secondary N) is 1. The van der Waals surface area contributed by atoms with E-state index in [0.717, 1.165) is 11.9 Å². The second-order valence-corrected chi connectivity index (χ2v) is 31.0. The van der Waals surface area contributed by atoms with Crippen LogP contribution >= 0.6 is 21.6 Å². The van der Waals surface area contributed by atoms with Gasteiger partial charge in [-0.1, -0.05) is 118 Å². The SMILES string of the molecule is CC(=O)O[C@H]1C(=O)[C@]2(C)[C@@H](OC(=O)CCCSSc3ccccn3)C[C@H]3OC[C@@]3(OC(C)=O)[C@H]2[C@H](OC(=O)c2ccccc2)[C@]2(O)C[C@H](OC(=O)[C@H](O[Si](C)(C)C(C)(C)C)[C@@H](NC(=O)c3ccccc3)c3ccccc3)C(C)=C1C2(C)C. The minimum absolute atomic E-state index is 0.0274. The zero-order valence-corrected chi connectivity index (χ0v) is 50.9. The predicted molar refractivity (Wildman–Crippen MR) is 309 cm³/mol. The lowest BCUT2D eigenvalue weighted by Crippen LogP contribution is -2.82. The summed E-state index contributed by atoms with van der Waals surface area (Å²) in [4.78, 5) is 107. The molecule has 82 heavy (non-hydrogen) atoms. The number of Topliss-reactive ketones (excluding diaryl/α,β-unsaturated/α-hetero) is 1. The van der Waals surface area contributed by atoms with E-state index < -0.39 is 132 Å². The van der Waals surface area contributed by atoms with Gasteiger partial charge in [-0.3, -0.25) is 24.0 Å². The number of rotatable bonds is 19. The molecule has 1 aromatic heterocycles. The first-order valence-corrected chi connectivity index (χ1v) is 32.8. The first-order valence-electron chi connectivity index (χ1n) is 27.6. The van der Waals surface area contributed by atoms with Crippen LogP contribution in [0.3, 0.4) is 0 Å². The summed E-state index contributed by atoms with van der Waals surface area (Å²) in [6.07, 6.45) is -7.96. The Labute approximate surface area is 488 Å². The number of amides is 1. The highest BCUT2D eigenvalue weighted by Gasteiger charge is 2.79. The highest BCUT2D eigenvalue weighted by atomic mass is 33.1. The van der Waals surface area contributed by atoms with Crippen LogP contribution in [0.2, 0.25) is 18.1 Å². The molecule has 2 heterocycles. The normalized spacial score (nSPS) is 27.3. The van der Waals surface area contributed by atoms with E-state index in [1.165, 1.54) is 47.6 Å². The molecule has 11 atom stereocenters. The number of benzene rings is 3. The summed E-state index contributed by atoms with van der Waals surface area (Å²) in [5.74, 6) is -6.63. The molecule has 3 aromatic carbocycles. The summed E-state index contributed by atoms with van der Waals surface area (Å²) in [6, 6.07) is 29.8. The second kappa shape index (κ2) is 24.6. The number of aromatic nitrogens is 1. The van der Waals surface area contributed by atoms with Crippen molar-refractivity contribution in [3.63, 3.8) is 0 Å². The highest BCUT2D eigenvalue weighted by molar-refractivity contribution is 8.76. The molecule has 1 saturated heterocycles. The fourth-order valence-electron chi connectivity index (χ4n) is 11.9. The Morgan fingerprint density at radius 3 is 2.02 bits per heavy atom. The van der Waals surface area contributed by atoms with Crippen molar-refractivity contribution in [1.82, 2.24) is 10.3 Å². The maximum absolute atomic E-state index is 16.5. The molecule has 0 unspecified atom stereocenters. The third kappa shape index (κ3) is 12.2. The minimum atomic E-state index is -2.98. The van der Waals surface area contributed by atoms with Gasteiger partial charge in [0.2, 0.25) is 0 Å². The van der Waals surface area contributed by atoms with Crippen molar-refractivity contribution < 1.29 is 71.5 Å². The van der Waals surface area contributed by atoms with Gasteiger partial charge in [-0.05, 0) is 102 Å². The molecule has 3 aliphatic carbocycles. The van der Waals surface area contributed by atoms with Gasteiger partial charge in [-0.25, -0.2) is 14.6 Å². The zero-order chi connectivity index (χ0) is 59.6. The van der Waals surface area contributed by atoms with Crippen LogP contribution in [0.4, 0.5) is 0 Å². The summed E-state index contributed by atoms with van der Waals surface area (Å²) < 4.78 is 45.6. The number of fused-ring (bicyclic) bond motifs is 5. The number of aliphatic hydroxyl groups is 1. The summed E-state index contributed by atoms with van der Waals surface area (Å²) in [5, 5.41) is 17.8. The molecule has 4 aromatic rings. The molecule has 1 amide bonds. The van der Waals surface area contributed by atoms with E-state index in [2.05, 4.69) is 10.3 Å². The van der Waals surface area contributed by atoms with Gasteiger partial charge in [-0.2, -0.15) is 0 Å². The Kier molecular flexibility index (Phi) is 18.6. The van der Waals surface area contributed by atoms with Gasteiger partial charge in [0.1, 0.15) is 35.0 Å². The number of carbonyl (C=O) groups excluding carboxylic acids is 7. The van der Waals surface area contributed by atoms with Crippen molar-refractivity contribution in [2.24, 2.45) is 16.7 Å². The summed E-state index contributed by atoms with van der Waals surface area (Å²) >= 11 is 0. The molecule has 0 spiro atoms. The van der Waals surface area contributed by atoms with Gasteiger partial charge in [0, 0.05) is 56.0 Å². The number of nitrogens with zero attached hydrogens (tertiary/aromatic N) is 1. The van der Waals surface area contributed by atoms with Gasteiger partial charge >= 0.3 is 29.8 Å². The van der Waals surface area contributed by atoms with Gasteiger partial charge in [-0.15, -0.1) is 0 Å². The van der Waals surface area contributed by atoms with Crippen LogP contribution in [0.25, 0.3) is 0 Å². The standard InChI is InChI=1S/C62H74N2O15S2Si/c1-37-43(75-57(71)51(79-82(10,11)58(4,5)6)49(40-24-15-12-16-25-40)64-55(69)41-26-17-13-18-27-41)35-62(72)54(77-56(70)42-28-19-14-20-29-42)52-60(9,53(68)50(74-38(2)65)48(37)59(62,7)8)44(34-45-61(52,36-73-45)78-39(3)66)76-47(67)31-23-33-80-81-46-30-21-22-32-63-46/h12-22,24-30,32,43-45,49-52,54,72H,23,31,33-36H2,1-11H3,(H,64,69)/t43-,44-,45+,49-,50+,51+,52-,54-,60+,61-,62+/m0/s1. The van der Waals surface area contributed by atoms with Crippen molar-refractivity contribution in [3.05, 3.63) is 143 Å². The molecule has 20 heteroatoms. The monoisotopic (exact) mass is 1180 g/mol. The van der Waals surface area contributed by atoms with Crippen LogP contribution in [0.1, 0.15) is 120 Å². The molecule has 0 radical (unpaired) electrons. The van der Waals surface area contributed by atoms with Gasteiger partial charge in [0.05, 0.1) is 29.5 Å². The number of hydrogen-bond acceptors (Lipinski definition) is 18. The number of esters is 5. The summed E-state index contributed by atoms with van der Waals surface area (Å²) in [7, 11) is -0.0246. The Hall–Kier alpha value is -6.16. The van der Waals surface area contributed by atoms with Gasteiger partial charge in [0.25, 0.3) is 5.91 Å². The van der Waals surface area contributed by atoms with Crippen LogP contribution < -0.4 is 5.32 Å². The van der Waals surface area contributed by atoms with Crippen molar-refractivity contribution in [2.75, 3.05) is 12.4 Å². The van der Waals surface area contributed by atoms with E-state index in [0.29, 0.717) is 23.3 Å². The highest BCUT2D eigenvalue weighted by Crippen LogP contribution is 2.65. The van der Waals surface area contributed by atoms with E-state index in [4.69, 9.17) is 32.8 Å². The van der Waals surface area contributed by atoms with Crippen molar-refractivity contribution in [1.29, 1.82) is 0 Å². The Morgan fingerprint density at radius 2 is 1.45 bits per heavy atom. The second-order valence-electron chi connectivity index (χ2n) is 23.8. The Bertz CT molecular complexity index is 3050. The molecule has 438 valence electrons. The van der Waals surface area contributed by atoms with E-state index in [1.54, 1.807) is 106 Å². The van der Waals surface area contributed by atoms with Crippen LogP contribution in [0.15, 0.2) is 132 Å². The molecule has 2 saturated carbocycles. The van der Waals surface area contributed by atoms with Gasteiger partial charge in [0.15, 0.2) is 31.9 Å². The van der Waals surface area contributed by atoms with E-state index in [-0.39, 0.29) is 36.2 Å². The minimum Gasteiger partial charge on any atom is -0.461 e. The Balaban J connectivity index is 1.29. The number of pyridine rings is 1. The molecule has 1 aliphatic heterocycles. The molecule has 3 fully saturated rings. The summed E-state index contributed by atoms with van der Waals surface area (Å²) in [5.41, 5.74) is -6.95. The quantitative estimate of drug-likeness (QED) is 0.0222. The average molecular weight is 1180 g/mol. The maximum Gasteiger partial charge on any atom is 0.338 e. The smallest absolute Gasteiger partial charge is 0.338 e. The number of carbonyl (C=O) groups is 7. The number of ether oxygens (including phenoxy) is 6. The van der Waals surface area contributed by atoms with Crippen molar-refractivity contribution in [2.45, 2.75) is 165 Å². The fraction of sp³-hybridized carbons (Fsp3) is 0.484. The van der Waals surface area contributed by atoms with E-state index >= 15 is 9.59 Å². The molecule has 2 N–H and O–H groups in total. The van der Waals surface area contributed by atoms with Gasteiger partial charge < -0.3 is 43.3 Å². The van der Waals surface area contributed by atoms with Crippen molar-refractivity contribution in [3.8, 4) is 0 Å².